The van der Waals surface area contributed by atoms with Gasteiger partial charge in [-0.2, -0.15) is 0 Å². The lowest BCUT2D eigenvalue weighted by atomic mass is 10.1. The number of para-hydroxylation sites is 1. The Bertz CT molecular complexity index is 1510. The largest absolute Gasteiger partial charge is 0.495 e. The number of nitrogens with zero attached hydrogens (tertiary/aromatic N) is 6. The SMILES string of the molecule is COc1cccc(C)c1-n1c(CS(=O)(=O)[C@@H](C)[C@@H](OC)c2ncc(F)cn2)nnc1-c1cccc(C)n1. The Morgan fingerprint density at radius 3 is 2.38 bits per heavy atom. The molecule has 0 aliphatic carbocycles. The molecule has 4 rings (SSSR count). The van der Waals surface area contributed by atoms with E-state index in [1.807, 2.05) is 38.1 Å². The Kier molecular flexibility index (Phi) is 7.60. The molecule has 3 heterocycles. The van der Waals surface area contributed by atoms with Gasteiger partial charge in [0, 0.05) is 12.8 Å². The molecule has 0 bridgehead atoms. The van der Waals surface area contributed by atoms with Gasteiger partial charge in [0.05, 0.1) is 30.4 Å². The fraction of sp³-hybridized carbons (Fsp3) is 0.320. The van der Waals surface area contributed by atoms with Crippen molar-refractivity contribution in [1.29, 1.82) is 0 Å². The molecular formula is C25H27FN6O4S. The molecule has 0 saturated heterocycles. The molecule has 3 aromatic heterocycles. The number of pyridine rings is 1. The zero-order valence-electron chi connectivity index (χ0n) is 21.1. The van der Waals surface area contributed by atoms with Crippen LogP contribution in [0.2, 0.25) is 0 Å². The molecular weight excluding hydrogens is 499 g/mol. The highest BCUT2D eigenvalue weighted by molar-refractivity contribution is 7.91. The monoisotopic (exact) mass is 526 g/mol. The van der Waals surface area contributed by atoms with Gasteiger partial charge in [0.15, 0.2) is 33.1 Å². The second-order valence-electron chi connectivity index (χ2n) is 8.49. The molecule has 0 unspecified atom stereocenters. The van der Waals surface area contributed by atoms with Crippen LogP contribution in [-0.2, 0) is 20.3 Å². The van der Waals surface area contributed by atoms with Crippen molar-refractivity contribution in [2.45, 2.75) is 37.9 Å². The molecule has 194 valence electrons. The van der Waals surface area contributed by atoms with Crippen molar-refractivity contribution in [3.63, 3.8) is 0 Å². The first-order chi connectivity index (χ1) is 17.7. The van der Waals surface area contributed by atoms with Gasteiger partial charge in [0.25, 0.3) is 0 Å². The molecule has 0 spiro atoms. The van der Waals surface area contributed by atoms with Gasteiger partial charge >= 0.3 is 0 Å². The van der Waals surface area contributed by atoms with Crippen LogP contribution in [0.5, 0.6) is 5.75 Å². The number of aryl methyl sites for hydroxylation is 2. The van der Waals surface area contributed by atoms with Gasteiger partial charge in [0.1, 0.15) is 23.3 Å². The first-order valence-corrected chi connectivity index (χ1v) is 13.1. The average Bonchev–Trinajstić information content (AvgIpc) is 3.27. The minimum absolute atomic E-state index is 0.0617. The quantitative estimate of drug-likeness (QED) is 0.322. The van der Waals surface area contributed by atoms with E-state index in [1.54, 1.807) is 16.7 Å². The minimum atomic E-state index is -3.91. The highest BCUT2D eigenvalue weighted by Crippen LogP contribution is 2.33. The summed E-state index contributed by atoms with van der Waals surface area (Å²) in [5, 5.41) is 7.52. The second kappa shape index (κ2) is 10.7. The first-order valence-electron chi connectivity index (χ1n) is 11.4. The summed E-state index contributed by atoms with van der Waals surface area (Å²) in [5.74, 6) is 0.0334. The highest BCUT2D eigenvalue weighted by Gasteiger charge is 2.35. The first kappa shape index (κ1) is 26.3. The Morgan fingerprint density at radius 2 is 1.73 bits per heavy atom. The number of hydrogen-bond donors (Lipinski definition) is 0. The summed E-state index contributed by atoms with van der Waals surface area (Å²) in [5.41, 5.74) is 2.74. The van der Waals surface area contributed by atoms with E-state index in [9.17, 15) is 12.8 Å². The van der Waals surface area contributed by atoms with Gasteiger partial charge in [0.2, 0.25) is 0 Å². The highest BCUT2D eigenvalue weighted by atomic mass is 32.2. The number of hydrogen-bond acceptors (Lipinski definition) is 9. The van der Waals surface area contributed by atoms with E-state index in [4.69, 9.17) is 9.47 Å². The van der Waals surface area contributed by atoms with Crippen molar-refractivity contribution in [3.05, 3.63) is 77.5 Å². The third-order valence-corrected chi connectivity index (χ3v) is 8.00. The van der Waals surface area contributed by atoms with Gasteiger partial charge in [-0.05, 0) is 44.5 Å². The summed E-state index contributed by atoms with van der Waals surface area (Å²) in [7, 11) is -1.01. The maximum atomic E-state index is 13.6. The molecule has 1 aromatic carbocycles. The molecule has 0 radical (unpaired) electrons. The predicted molar refractivity (Wildman–Crippen MR) is 134 cm³/mol. The molecule has 0 amide bonds. The molecule has 0 saturated carbocycles. The summed E-state index contributed by atoms with van der Waals surface area (Å²) in [4.78, 5) is 12.4. The Balaban J connectivity index is 1.82. The van der Waals surface area contributed by atoms with Crippen molar-refractivity contribution < 1.29 is 22.3 Å². The van der Waals surface area contributed by atoms with Crippen LogP contribution in [-0.4, -0.2) is 57.6 Å². The van der Waals surface area contributed by atoms with Crippen LogP contribution in [0.15, 0.2) is 48.8 Å². The number of ether oxygens (including phenoxy) is 2. The van der Waals surface area contributed by atoms with E-state index >= 15 is 0 Å². The number of benzene rings is 1. The lowest BCUT2D eigenvalue weighted by Gasteiger charge is -2.22. The Morgan fingerprint density at radius 1 is 1.03 bits per heavy atom. The second-order valence-corrected chi connectivity index (χ2v) is 10.9. The summed E-state index contributed by atoms with van der Waals surface area (Å²) in [6.45, 7) is 5.24. The maximum absolute atomic E-state index is 13.6. The molecule has 0 aliphatic rings. The van der Waals surface area contributed by atoms with Crippen LogP contribution in [0.25, 0.3) is 17.2 Å². The lowest BCUT2D eigenvalue weighted by molar-refractivity contribution is 0.0946. The van der Waals surface area contributed by atoms with Gasteiger partial charge < -0.3 is 9.47 Å². The molecule has 12 heteroatoms. The number of aromatic nitrogens is 6. The topological polar surface area (TPSA) is 122 Å². The summed E-state index contributed by atoms with van der Waals surface area (Å²) < 4.78 is 53.3. The Hall–Kier alpha value is -3.77. The standard InChI is InChI=1S/C25H27FN6O4S/c1-15-8-6-11-20(35-4)22(15)32-21(30-31-25(32)19-10-7-9-16(2)29-19)14-37(33,34)17(3)23(36-5)24-27-12-18(26)13-28-24/h6-13,17,23H,14H2,1-5H3/t17-,23+/m0/s1. The van der Waals surface area contributed by atoms with Gasteiger partial charge in [-0.3, -0.25) is 4.57 Å². The van der Waals surface area contributed by atoms with E-state index in [0.29, 0.717) is 23.0 Å². The van der Waals surface area contributed by atoms with Crippen molar-refractivity contribution in [2.75, 3.05) is 14.2 Å². The molecule has 2 atom stereocenters. The van der Waals surface area contributed by atoms with Crippen LogP contribution in [0.4, 0.5) is 4.39 Å². The van der Waals surface area contributed by atoms with Crippen molar-refractivity contribution in [3.8, 4) is 23.0 Å². The molecule has 37 heavy (non-hydrogen) atoms. The van der Waals surface area contributed by atoms with Gasteiger partial charge in [-0.25, -0.2) is 27.8 Å². The number of sulfone groups is 1. The van der Waals surface area contributed by atoms with Gasteiger partial charge in [-0.15, -0.1) is 10.2 Å². The number of methoxy groups -OCH3 is 2. The average molecular weight is 527 g/mol. The molecule has 0 N–H and O–H groups in total. The third kappa shape index (κ3) is 5.35. The fourth-order valence-electron chi connectivity index (χ4n) is 4.04. The van der Waals surface area contributed by atoms with Crippen molar-refractivity contribution >= 4 is 9.84 Å². The normalized spacial score (nSPS) is 13.4. The van der Waals surface area contributed by atoms with E-state index < -0.39 is 32.8 Å². The van der Waals surface area contributed by atoms with Crippen LogP contribution >= 0.6 is 0 Å². The molecule has 0 aliphatic heterocycles. The van der Waals surface area contributed by atoms with Gasteiger partial charge in [-0.1, -0.05) is 18.2 Å². The van der Waals surface area contributed by atoms with E-state index in [1.165, 1.54) is 21.1 Å². The van der Waals surface area contributed by atoms with E-state index in [0.717, 1.165) is 23.7 Å². The zero-order chi connectivity index (χ0) is 26.7. The number of halogens is 1. The van der Waals surface area contributed by atoms with E-state index in [-0.39, 0.29) is 11.6 Å². The summed E-state index contributed by atoms with van der Waals surface area (Å²) in [6, 6.07) is 11.0. The van der Waals surface area contributed by atoms with Crippen molar-refractivity contribution in [1.82, 2.24) is 29.7 Å². The number of rotatable bonds is 9. The Labute approximate surface area is 214 Å². The smallest absolute Gasteiger partial charge is 0.187 e. The van der Waals surface area contributed by atoms with Crippen molar-refractivity contribution in [2.24, 2.45) is 0 Å². The lowest BCUT2D eigenvalue weighted by Crippen LogP contribution is -2.30. The van der Waals surface area contributed by atoms with Crippen LogP contribution in [0.3, 0.4) is 0 Å². The predicted octanol–water partition coefficient (Wildman–Crippen LogP) is 3.57. The molecule has 4 aromatic rings. The van der Waals surface area contributed by atoms with Crippen LogP contribution < -0.4 is 4.74 Å². The minimum Gasteiger partial charge on any atom is -0.495 e. The fourth-order valence-corrected chi connectivity index (χ4v) is 5.46. The third-order valence-electron chi connectivity index (χ3n) is 5.96. The molecule has 0 fully saturated rings. The van der Waals surface area contributed by atoms with E-state index in [2.05, 4.69) is 25.1 Å². The maximum Gasteiger partial charge on any atom is 0.187 e. The zero-order valence-corrected chi connectivity index (χ0v) is 21.9. The van der Waals surface area contributed by atoms with Crippen LogP contribution in [0, 0.1) is 19.7 Å². The summed E-state index contributed by atoms with van der Waals surface area (Å²) >= 11 is 0. The van der Waals surface area contributed by atoms with Crippen LogP contribution in [0.1, 0.15) is 35.9 Å². The molecule has 10 nitrogen and oxygen atoms in total. The summed E-state index contributed by atoms with van der Waals surface area (Å²) in [6.07, 6.45) is 0.916.